The van der Waals surface area contributed by atoms with Gasteiger partial charge in [-0.3, -0.25) is 9.69 Å². The highest BCUT2D eigenvalue weighted by molar-refractivity contribution is 7.21. The third-order valence-corrected chi connectivity index (χ3v) is 8.04. The van der Waals surface area contributed by atoms with E-state index in [2.05, 4.69) is 17.1 Å². The average Bonchev–Trinajstić information content (AvgIpc) is 3.50. The van der Waals surface area contributed by atoms with Gasteiger partial charge < -0.3 is 10.2 Å². The molecule has 176 valence electrons. The third kappa shape index (κ3) is 3.69. The van der Waals surface area contributed by atoms with E-state index in [1.54, 1.807) is 18.2 Å². The van der Waals surface area contributed by atoms with Crippen LogP contribution < -0.4 is 0 Å². The van der Waals surface area contributed by atoms with Gasteiger partial charge in [0.15, 0.2) is 0 Å². The van der Waals surface area contributed by atoms with Crippen LogP contribution in [0.4, 0.5) is 4.39 Å². The molecule has 1 fully saturated rings. The number of carboxylic acids is 1. The van der Waals surface area contributed by atoms with Crippen LogP contribution in [0.15, 0.2) is 66.7 Å². The van der Waals surface area contributed by atoms with E-state index in [9.17, 15) is 9.90 Å². The fraction of sp³-hybridized carbons (Fsp3) is 0.222. The number of fused-ring (bicyclic) bond motifs is 1. The van der Waals surface area contributed by atoms with Gasteiger partial charge in [-0.1, -0.05) is 41.7 Å². The molecule has 6 nitrogen and oxygen atoms in total. The normalized spacial score (nSPS) is 17.9. The molecule has 1 saturated heterocycles. The van der Waals surface area contributed by atoms with Crippen molar-refractivity contribution in [1.29, 1.82) is 0 Å². The molecule has 2 aliphatic rings. The van der Waals surface area contributed by atoms with Crippen LogP contribution in [0.1, 0.15) is 29.8 Å². The first-order valence-corrected chi connectivity index (χ1v) is 12.2. The van der Waals surface area contributed by atoms with E-state index >= 15 is 4.39 Å². The van der Waals surface area contributed by atoms with Crippen LogP contribution in [-0.4, -0.2) is 44.1 Å². The number of aromatic hydroxyl groups is 1. The summed E-state index contributed by atoms with van der Waals surface area (Å²) < 4.78 is 15.2. The molecule has 35 heavy (non-hydrogen) atoms. The molecular weight excluding hydrogens is 465 g/mol. The van der Waals surface area contributed by atoms with Crippen LogP contribution in [0.2, 0.25) is 0 Å². The number of allylic oxidation sites excluding steroid dienone is 2. The Morgan fingerprint density at radius 1 is 1.11 bits per heavy atom. The van der Waals surface area contributed by atoms with E-state index in [-0.39, 0.29) is 28.9 Å². The number of aromatic nitrogens is 2. The molecule has 0 saturated carbocycles. The van der Waals surface area contributed by atoms with E-state index in [0.29, 0.717) is 29.2 Å². The molecule has 3 heterocycles. The Hall–Kier alpha value is -3.62. The van der Waals surface area contributed by atoms with Crippen molar-refractivity contribution in [3.8, 4) is 16.3 Å². The molecule has 2 aromatic heterocycles. The number of phenolic OH excluding ortho intramolecular Hbond substituents is 1. The number of carbonyl (C=O) groups is 1. The number of halogens is 1. The van der Waals surface area contributed by atoms with E-state index in [0.717, 1.165) is 21.7 Å². The molecule has 0 radical (unpaired) electrons. The number of thiazole rings is 1. The van der Waals surface area contributed by atoms with Gasteiger partial charge in [-0.05, 0) is 54.4 Å². The van der Waals surface area contributed by atoms with Crippen molar-refractivity contribution < 1.29 is 19.4 Å². The topological polar surface area (TPSA) is 86.6 Å². The maximum atomic E-state index is 15.2. The van der Waals surface area contributed by atoms with E-state index in [1.807, 2.05) is 42.2 Å². The molecule has 1 aliphatic carbocycles. The van der Waals surface area contributed by atoms with Crippen LogP contribution >= 0.6 is 11.3 Å². The van der Waals surface area contributed by atoms with Crippen molar-refractivity contribution >= 4 is 27.7 Å². The zero-order valence-electron chi connectivity index (χ0n) is 18.9. The number of benzene rings is 2. The molecule has 0 spiro atoms. The van der Waals surface area contributed by atoms with Gasteiger partial charge in [-0.2, -0.15) is 0 Å². The minimum Gasteiger partial charge on any atom is -0.508 e. The highest BCUT2D eigenvalue weighted by Gasteiger charge is 2.40. The number of hydrogen-bond donors (Lipinski definition) is 2. The Balaban J connectivity index is 1.26. The second kappa shape index (κ2) is 7.96. The van der Waals surface area contributed by atoms with Crippen molar-refractivity contribution in [2.45, 2.75) is 18.4 Å². The fourth-order valence-corrected chi connectivity index (χ4v) is 5.62. The van der Waals surface area contributed by atoms with E-state index in [1.165, 1.54) is 17.4 Å². The van der Waals surface area contributed by atoms with Crippen LogP contribution in [0, 0.1) is 11.7 Å². The Labute approximate surface area is 205 Å². The summed E-state index contributed by atoms with van der Waals surface area (Å²) >= 11 is 1.35. The lowest BCUT2D eigenvalue weighted by molar-refractivity contribution is -0.148. The Bertz CT molecular complexity index is 1490. The number of hydrogen-bond acceptors (Lipinski definition) is 6. The Morgan fingerprint density at radius 2 is 1.86 bits per heavy atom. The molecule has 2 aromatic carbocycles. The summed E-state index contributed by atoms with van der Waals surface area (Å²) in [5, 5.41) is 19.3. The van der Waals surface area contributed by atoms with Crippen molar-refractivity contribution in [2.75, 3.05) is 13.1 Å². The first-order valence-electron chi connectivity index (χ1n) is 11.4. The third-order valence-electron chi connectivity index (χ3n) is 7.04. The summed E-state index contributed by atoms with van der Waals surface area (Å²) in [6.07, 6.45) is 4.15. The van der Waals surface area contributed by atoms with Crippen LogP contribution in [0.3, 0.4) is 0 Å². The van der Waals surface area contributed by atoms with Gasteiger partial charge in [0.05, 0.1) is 17.0 Å². The van der Waals surface area contributed by atoms with Crippen LogP contribution in [0.5, 0.6) is 5.75 Å². The lowest BCUT2D eigenvalue weighted by Crippen LogP contribution is -2.51. The molecule has 1 unspecified atom stereocenters. The molecule has 0 bridgehead atoms. The maximum absolute atomic E-state index is 15.2. The van der Waals surface area contributed by atoms with Gasteiger partial charge in [-0.25, -0.2) is 14.4 Å². The van der Waals surface area contributed by atoms with Gasteiger partial charge in [0.2, 0.25) is 0 Å². The van der Waals surface area contributed by atoms with Gasteiger partial charge in [0.1, 0.15) is 26.9 Å². The number of carboxylic acid groups (broad SMARTS) is 1. The van der Waals surface area contributed by atoms with Crippen LogP contribution in [0.25, 0.3) is 20.9 Å². The van der Waals surface area contributed by atoms with Crippen molar-refractivity contribution in [2.24, 2.45) is 5.92 Å². The second-order valence-electron chi connectivity index (χ2n) is 9.19. The summed E-state index contributed by atoms with van der Waals surface area (Å²) in [4.78, 5) is 23.3. The fourth-order valence-electron chi connectivity index (χ4n) is 4.65. The predicted octanol–water partition coefficient (Wildman–Crippen LogP) is 5.14. The first kappa shape index (κ1) is 21.9. The summed E-state index contributed by atoms with van der Waals surface area (Å²) in [5.41, 5.74) is 3.46. The number of rotatable bonds is 6. The summed E-state index contributed by atoms with van der Waals surface area (Å²) in [7, 11) is 0. The van der Waals surface area contributed by atoms with Crippen molar-refractivity contribution in [1.82, 2.24) is 14.9 Å². The standard InChI is InChI=1S/C27H22FN3O3S/c1-15(31-13-17(14-31)26(33)34)16-2-7-20(21(28)12-16)24-29-22-8-9-23(30-25(22)35-24)27(10-11-27)18-3-5-19(32)6-4-18/h2-12,15,17,32H,13-14H2,1H3,(H,33,34). The van der Waals surface area contributed by atoms with Crippen molar-refractivity contribution in [3.05, 3.63) is 89.4 Å². The summed E-state index contributed by atoms with van der Waals surface area (Å²) in [6.45, 7) is 2.92. The number of aliphatic carboxylic acids is 1. The highest BCUT2D eigenvalue weighted by Crippen LogP contribution is 2.45. The molecule has 2 N–H and O–H groups in total. The van der Waals surface area contributed by atoms with Gasteiger partial charge in [-0.15, -0.1) is 0 Å². The minimum atomic E-state index is -0.783. The molecule has 4 aromatic rings. The largest absolute Gasteiger partial charge is 0.508 e. The second-order valence-corrected chi connectivity index (χ2v) is 10.2. The molecule has 1 aliphatic heterocycles. The molecule has 1 atom stereocenters. The quantitative estimate of drug-likeness (QED) is 0.367. The number of phenols is 1. The highest BCUT2D eigenvalue weighted by atomic mass is 32.1. The van der Waals surface area contributed by atoms with E-state index in [4.69, 9.17) is 10.1 Å². The molecule has 8 heteroatoms. The number of nitrogens with zero attached hydrogens (tertiary/aromatic N) is 3. The minimum absolute atomic E-state index is 0.0594. The summed E-state index contributed by atoms with van der Waals surface area (Å²) in [5.74, 6) is -1.26. The molecule has 0 amide bonds. The SMILES string of the molecule is CC(c1ccc(-c2nc3ccc(C4(c5ccc(O)cc5)C=C4)nc3s2)c(F)c1)N1CC(C(=O)O)C1. The Morgan fingerprint density at radius 3 is 2.51 bits per heavy atom. The number of pyridine rings is 1. The molecular formula is C27H22FN3O3S. The lowest BCUT2D eigenvalue weighted by Gasteiger charge is -2.41. The number of likely N-dealkylation sites (tertiary alicyclic amines) is 1. The zero-order chi connectivity index (χ0) is 24.3. The summed E-state index contributed by atoms with van der Waals surface area (Å²) in [6, 6.07) is 16.1. The maximum Gasteiger partial charge on any atom is 0.309 e. The van der Waals surface area contributed by atoms with E-state index < -0.39 is 5.97 Å². The first-order chi connectivity index (χ1) is 16.8. The monoisotopic (exact) mass is 487 g/mol. The van der Waals surface area contributed by atoms with Gasteiger partial charge in [0, 0.05) is 24.7 Å². The smallest absolute Gasteiger partial charge is 0.309 e. The van der Waals surface area contributed by atoms with Crippen molar-refractivity contribution in [3.63, 3.8) is 0 Å². The van der Waals surface area contributed by atoms with Gasteiger partial charge >= 0.3 is 5.97 Å². The zero-order valence-corrected chi connectivity index (χ0v) is 19.7. The Kier molecular flexibility index (Phi) is 4.98. The van der Waals surface area contributed by atoms with Gasteiger partial charge in [0.25, 0.3) is 0 Å². The predicted molar refractivity (Wildman–Crippen MR) is 132 cm³/mol. The lowest BCUT2D eigenvalue weighted by atomic mass is 9.89. The molecule has 6 rings (SSSR count). The van der Waals surface area contributed by atoms with Crippen LogP contribution in [-0.2, 0) is 10.2 Å². The average molecular weight is 488 g/mol.